The Kier molecular flexibility index (Phi) is 4.56. The van der Waals surface area contributed by atoms with Crippen molar-refractivity contribution in [2.75, 3.05) is 5.75 Å². The molecule has 19 heavy (non-hydrogen) atoms. The Bertz CT molecular complexity index is 550. The number of rotatable bonds is 4. The summed E-state index contributed by atoms with van der Waals surface area (Å²) in [4.78, 5) is 10.2. The predicted molar refractivity (Wildman–Crippen MR) is 81.2 cm³/mol. The largest absolute Gasteiger partial charge is 0.324 e. The molecule has 0 bridgehead atoms. The van der Waals surface area contributed by atoms with Gasteiger partial charge in [-0.3, -0.25) is 0 Å². The van der Waals surface area contributed by atoms with Gasteiger partial charge in [0.15, 0.2) is 5.82 Å². The third kappa shape index (κ3) is 3.33. The fraction of sp³-hybridized carbons (Fsp3) is 0.333. The van der Waals surface area contributed by atoms with E-state index in [0.29, 0.717) is 0 Å². The molecule has 0 radical (unpaired) electrons. The number of aryl methyl sites for hydroxylation is 1. The summed E-state index contributed by atoms with van der Waals surface area (Å²) in [6, 6.07) is 8.33. The van der Waals surface area contributed by atoms with Crippen molar-refractivity contribution in [3.8, 4) is 11.4 Å². The van der Waals surface area contributed by atoms with Crippen molar-refractivity contribution in [3.05, 3.63) is 41.7 Å². The van der Waals surface area contributed by atoms with E-state index in [1.54, 1.807) is 0 Å². The smallest absolute Gasteiger partial charge is 0.159 e. The zero-order valence-electron chi connectivity index (χ0n) is 11.6. The maximum absolute atomic E-state index is 5.87. The molecule has 0 aliphatic heterocycles. The molecular weight excluding hydrogens is 254 g/mol. The summed E-state index contributed by atoms with van der Waals surface area (Å²) in [5.74, 6) is 1.84. The Balaban J connectivity index is 2.29. The van der Waals surface area contributed by atoms with Crippen LogP contribution in [-0.4, -0.2) is 15.7 Å². The Morgan fingerprint density at radius 1 is 1.26 bits per heavy atom. The molecule has 0 fully saturated rings. The van der Waals surface area contributed by atoms with E-state index in [1.165, 1.54) is 4.90 Å². The summed E-state index contributed by atoms with van der Waals surface area (Å²) in [5.41, 5.74) is 8.87. The van der Waals surface area contributed by atoms with Crippen LogP contribution in [0.15, 0.2) is 35.4 Å². The van der Waals surface area contributed by atoms with E-state index in [-0.39, 0.29) is 6.04 Å². The van der Waals surface area contributed by atoms with Gasteiger partial charge in [0.2, 0.25) is 0 Å². The Hall–Kier alpha value is -1.39. The summed E-state index contributed by atoms with van der Waals surface area (Å²) >= 11 is 1.83. The van der Waals surface area contributed by atoms with Crippen molar-refractivity contribution in [1.29, 1.82) is 0 Å². The molecule has 0 spiro atoms. The standard InChI is InChI=1S/C15H19N3S/c1-4-19-13-7-5-12(6-8-13)15-17-9-14(10(2)16)11(3)18-15/h5-10H,4,16H2,1-3H3/t10-/m1/s1. The van der Waals surface area contributed by atoms with Crippen molar-refractivity contribution in [2.45, 2.75) is 31.7 Å². The van der Waals surface area contributed by atoms with Gasteiger partial charge < -0.3 is 5.73 Å². The summed E-state index contributed by atoms with van der Waals surface area (Å²) in [6.07, 6.45) is 1.83. The lowest BCUT2D eigenvalue weighted by atomic mass is 10.1. The molecule has 0 saturated heterocycles. The summed E-state index contributed by atoms with van der Waals surface area (Å²) in [6.45, 7) is 6.07. The van der Waals surface area contributed by atoms with E-state index in [0.717, 1.165) is 28.4 Å². The van der Waals surface area contributed by atoms with Crippen molar-refractivity contribution in [3.63, 3.8) is 0 Å². The molecule has 100 valence electrons. The Morgan fingerprint density at radius 2 is 1.95 bits per heavy atom. The molecule has 1 atom stereocenters. The molecule has 0 unspecified atom stereocenters. The van der Waals surface area contributed by atoms with E-state index in [1.807, 2.05) is 31.8 Å². The SMILES string of the molecule is CCSc1ccc(-c2ncc([C@@H](C)N)c(C)n2)cc1. The van der Waals surface area contributed by atoms with Crippen LogP contribution in [0.1, 0.15) is 31.1 Å². The third-order valence-corrected chi connectivity index (χ3v) is 3.83. The van der Waals surface area contributed by atoms with E-state index in [4.69, 9.17) is 5.73 Å². The minimum atomic E-state index is -0.0302. The first-order valence-corrected chi connectivity index (χ1v) is 7.42. The zero-order chi connectivity index (χ0) is 13.8. The number of thioether (sulfide) groups is 1. The molecule has 3 nitrogen and oxygen atoms in total. The van der Waals surface area contributed by atoms with Gasteiger partial charge in [-0.15, -0.1) is 11.8 Å². The molecule has 0 saturated carbocycles. The maximum Gasteiger partial charge on any atom is 0.159 e. The van der Waals surface area contributed by atoms with E-state index >= 15 is 0 Å². The van der Waals surface area contributed by atoms with Crippen LogP contribution < -0.4 is 5.73 Å². The van der Waals surface area contributed by atoms with Gasteiger partial charge in [0.1, 0.15) is 0 Å². The highest BCUT2D eigenvalue weighted by Crippen LogP contribution is 2.23. The highest BCUT2D eigenvalue weighted by Gasteiger charge is 2.08. The van der Waals surface area contributed by atoms with Crippen LogP contribution in [0.4, 0.5) is 0 Å². The van der Waals surface area contributed by atoms with Crippen LogP contribution >= 0.6 is 11.8 Å². The number of aromatic nitrogens is 2. The highest BCUT2D eigenvalue weighted by atomic mass is 32.2. The molecule has 1 heterocycles. The minimum Gasteiger partial charge on any atom is -0.324 e. The molecule has 1 aromatic carbocycles. The quantitative estimate of drug-likeness (QED) is 0.865. The van der Waals surface area contributed by atoms with E-state index in [2.05, 4.69) is 41.2 Å². The molecule has 0 aliphatic carbocycles. The lowest BCUT2D eigenvalue weighted by Gasteiger charge is -2.10. The van der Waals surface area contributed by atoms with Gasteiger partial charge in [-0.25, -0.2) is 9.97 Å². The highest BCUT2D eigenvalue weighted by molar-refractivity contribution is 7.99. The molecular formula is C15H19N3S. The third-order valence-electron chi connectivity index (χ3n) is 2.93. The zero-order valence-corrected chi connectivity index (χ0v) is 12.4. The second-order valence-corrected chi connectivity index (χ2v) is 5.82. The van der Waals surface area contributed by atoms with Gasteiger partial charge in [-0.05, 0) is 31.7 Å². The Morgan fingerprint density at radius 3 is 2.47 bits per heavy atom. The lowest BCUT2D eigenvalue weighted by molar-refractivity contribution is 0.790. The summed E-state index contributed by atoms with van der Waals surface area (Å²) in [5, 5.41) is 0. The van der Waals surface area contributed by atoms with Crippen LogP contribution in [0.25, 0.3) is 11.4 Å². The van der Waals surface area contributed by atoms with Crippen LogP contribution in [0, 0.1) is 6.92 Å². The van der Waals surface area contributed by atoms with Gasteiger partial charge in [-0.1, -0.05) is 19.1 Å². The molecule has 1 aromatic heterocycles. The van der Waals surface area contributed by atoms with Crippen LogP contribution in [0.2, 0.25) is 0 Å². The predicted octanol–water partition coefficient (Wildman–Crippen LogP) is 3.58. The molecule has 2 rings (SSSR count). The van der Waals surface area contributed by atoms with Crippen molar-refractivity contribution in [2.24, 2.45) is 5.73 Å². The summed E-state index contributed by atoms with van der Waals surface area (Å²) < 4.78 is 0. The first-order chi connectivity index (χ1) is 9.11. The molecule has 0 aliphatic rings. The first-order valence-electron chi connectivity index (χ1n) is 6.44. The number of hydrogen-bond acceptors (Lipinski definition) is 4. The number of hydrogen-bond donors (Lipinski definition) is 1. The van der Waals surface area contributed by atoms with Gasteiger partial charge in [-0.2, -0.15) is 0 Å². The van der Waals surface area contributed by atoms with Crippen LogP contribution in [-0.2, 0) is 0 Å². The maximum atomic E-state index is 5.87. The fourth-order valence-electron chi connectivity index (χ4n) is 1.93. The van der Waals surface area contributed by atoms with Crippen LogP contribution in [0.3, 0.4) is 0 Å². The van der Waals surface area contributed by atoms with Crippen molar-refractivity contribution >= 4 is 11.8 Å². The monoisotopic (exact) mass is 273 g/mol. The Labute approximate surface area is 118 Å². The van der Waals surface area contributed by atoms with Crippen molar-refractivity contribution in [1.82, 2.24) is 9.97 Å². The number of benzene rings is 1. The fourth-order valence-corrected chi connectivity index (χ4v) is 2.59. The second kappa shape index (κ2) is 6.17. The van der Waals surface area contributed by atoms with Gasteiger partial charge in [0.05, 0.1) is 0 Å². The minimum absolute atomic E-state index is 0.0302. The normalized spacial score (nSPS) is 12.4. The average molecular weight is 273 g/mol. The van der Waals surface area contributed by atoms with Gasteiger partial charge >= 0.3 is 0 Å². The van der Waals surface area contributed by atoms with E-state index < -0.39 is 0 Å². The molecule has 2 N–H and O–H groups in total. The lowest BCUT2D eigenvalue weighted by Crippen LogP contribution is -2.09. The van der Waals surface area contributed by atoms with Crippen LogP contribution in [0.5, 0.6) is 0 Å². The molecule has 4 heteroatoms. The number of nitrogens with zero attached hydrogens (tertiary/aromatic N) is 2. The van der Waals surface area contributed by atoms with Crippen molar-refractivity contribution < 1.29 is 0 Å². The van der Waals surface area contributed by atoms with Gasteiger partial charge in [0.25, 0.3) is 0 Å². The average Bonchev–Trinajstić information content (AvgIpc) is 2.39. The summed E-state index contributed by atoms with van der Waals surface area (Å²) in [7, 11) is 0. The molecule has 2 aromatic rings. The van der Waals surface area contributed by atoms with E-state index in [9.17, 15) is 0 Å². The van der Waals surface area contributed by atoms with Gasteiger partial charge in [0, 0.05) is 34.0 Å². The first kappa shape index (κ1) is 14.0. The number of nitrogens with two attached hydrogens (primary N) is 1. The second-order valence-electron chi connectivity index (χ2n) is 4.48. The molecule has 0 amide bonds. The topological polar surface area (TPSA) is 51.8 Å².